The summed E-state index contributed by atoms with van der Waals surface area (Å²) in [7, 11) is 3.13. The van der Waals surface area contributed by atoms with Crippen LogP contribution in [0.25, 0.3) is 0 Å². The third-order valence-electron chi connectivity index (χ3n) is 1.75. The van der Waals surface area contributed by atoms with Crippen molar-refractivity contribution in [1.29, 1.82) is 0 Å². The van der Waals surface area contributed by atoms with Crippen LogP contribution in [0.2, 0.25) is 0 Å². The van der Waals surface area contributed by atoms with Crippen molar-refractivity contribution in [3.8, 4) is 5.75 Å². The monoisotopic (exact) mass is 230 g/mol. The smallest absolute Gasteiger partial charge is 0.118 e. The summed E-state index contributed by atoms with van der Waals surface area (Å²) >= 11 is -2.52. The molecule has 5 nitrogen and oxygen atoms in total. The number of rotatable bonds is 5. The summed E-state index contributed by atoms with van der Waals surface area (Å²) in [5.74, 6) is 0.759. The van der Waals surface area contributed by atoms with Gasteiger partial charge in [-0.3, -0.25) is 0 Å². The molecule has 0 heterocycles. The Morgan fingerprint density at radius 3 is 2.47 bits per heavy atom. The minimum Gasteiger partial charge on any atom is -0.748 e. The number of methoxy groups -OCH3 is 1. The summed E-state index contributed by atoms with van der Waals surface area (Å²) < 4.78 is 29.9. The van der Waals surface area contributed by atoms with Crippen LogP contribution in [0.4, 0.5) is 0 Å². The molecule has 6 heteroatoms. The van der Waals surface area contributed by atoms with Crippen molar-refractivity contribution in [3.05, 3.63) is 29.8 Å². The van der Waals surface area contributed by atoms with Gasteiger partial charge in [-0.05, 0) is 17.7 Å². The fraction of sp³-hybridized carbons (Fsp3) is 0.333. The zero-order valence-corrected chi connectivity index (χ0v) is 9.32. The lowest BCUT2D eigenvalue weighted by molar-refractivity contribution is -0.0349. The molecule has 0 radical (unpaired) electrons. The van der Waals surface area contributed by atoms with Crippen molar-refractivity contribution in [1.82, 2.24) is 5.06 Å². The molecule has 0 aromatic heterocycles. The molecule has 0 bridgehead atoms. The van der Waals surface area contributed by atoms with Crippen molar-refractivity contribution < 1.29 is 17.8 Å². The summed E-state index contributed by atoms with van der Waals surface area (Å²) in [6.07, 6.45) is 0. The van der Waals surface area contributed by atoms with Gasteiger partial charge in [-0.1, -0.05) is 12.1 Å². The molecule has 0 amide bonds. The Morgan fingerprint density at radius 2 is 2.00 bits per heavy atom. The summed E-state index contributed by atoms with van der Waals surface area (Å²) in [5.41, 5.74) is 0.934. The fourth-order valence-electron chi connectivity index (χ4n) is 1.12. The molecule has 0 fully saturated rings. The van der Waals surface area contributed by atoms with Gasteiger partial charge in [0, 0.05) is 7.05 Å². The Bertz CT molecular complexity index is 327. The van der Waals surface area contributed by atoms with E-state index < -0.39 is 11.4 Å². The van der Waals surface area contributed by atoms with Crippen molar-refractivity contribution in [2.75, 3.05) is 14.2 Å². The van der Waals surface area contributed by atoms with Gasteiger partial charge < -0.3 is 9.29 Å². The summed E-state index contributed by atoms with van der Waals surface area (Å²) in [6, 6.07) is 7.29. The molecule has 0 spiro atoms. The molecule has 1 aromatic rings. The molecule has 0 saturated heterocycles. The van der Waals surface area contributed by atoms with Gasteiger partial charge in [0.25, 0.3) is 0 Å². The van der Waals surface area contributed by atoms with Crippen LogP contribution in [0.5, 0.6) is 5.75 Å². The molecule has 1 atom stereocenters. The molecular formula is C9H12NO4S-. The first-order valence-electron chi connectivity index (χ1n) is 4.23. The molecule has 0 aliphatic rings. The highest BCUT2D eigenvalue weighted by molar-refractivity contribution is 7.74. The van der Waals surface area contributed by atoms with Crippen molar-refractivity contribution in [2.45, 2.75) is 6.54 Å². The lowest BCUT2D eigenvalue weighted by Gasteiger charge is -2.17. The Balaban J connectivity index is 2.53. The minimum absolute atomic E-state index is 0.387. The Morgan fingerprint density at radius 1 is 1.40 bits per heavy atom. The Hall–Kier alpha value is -0.950. The quantitative estimate of drug-likeness (QED) is 0.554. The van der Waals surface area contributed by atoms with Gasteiger partial charge in [-0.2, -0.15) is 5.06 Å². The first kappa shape index (κ1) is 12.1. The topological polar surface area (TPSA) is 61.8 Å². The highest BCUT2D eigenvalue weighted by atomic mass is 32.2. The predicted octanol–water partition coefficient (Wildman–Crippen LogP) is 0.853. The molecular weight excluding hydrogens is 218 g/mol. The third-order valence-corrected chi connectivity index (χ3v) is 2.13. The SMILES string of the molecule is COc1ccc(CN(C)OS(=O)[O-])cc1. The number of ether oxygens (including phenoxy) is 1. The Kier molecular flexibility index (Phi) is 4.70. The molecule has 0 saturated carbocycles. The Labute approximate surface area is 91.1 Å². The van der Waals surface area contributed by atoms with Crippen LogP contribution in [-0.2, 0) is 22.2 Å². The number of hydroxylamine groups is 2. The van der Waals surface area contributed by atoms with E-state index in [0.29, 0.717) is 6.54 Å². The molecule has 1 unspecified atom stereocenters. The zero-order valence-electron chi connectivity index (χ0n) is 8.50. The van der Waals surface area contributed by atoms with E-state index in [9.17, 15) is 8.76 Å². The van der Waals surface area contributed by atoms with E-state index in [4.69, 9.17) is 4.74 Å². The van der Waals surface area contributed by atoms with Gasteiger partial charge in [0.2, 0.25) is 0 Å². The van der Waals surface area contributed by atoms with Crippen molar-refractivity contribution in [2.24, 2.45) is 0 Å². The maximum Gasteiger partial charge on any atom is 0.118 e. The van der Waals surface area contributed by atoms with E-state index in [0.717, 1.165) is 11.3 Å². The van der Waals surface area contributed by atoms with Gasteiger partial charge in [0.1, 0.15) is 17.1 Å². The van der Waals surface area contributed by atoms with Crippen molar-refractivity contribution >= 4 is 11.4 Å². The van der Waals surface area contributed by atoms with Gasteiger partial charge in [-0.15, -0.1) is 0 Å². The maximum atomic E-state index is 10.2. The number of nitrogens with zero attached hydrogens (tertiary/aromatic N) is 1. The van der Waals surface area contributed by atoms with Crippen molar-refractivity contribution in [3.63, 3.8) is 0 Å². The lowest BCUT2D eigenvalue weighted by Crippen LogP contribution is -2.19. The van der Waals surface area contributed by atoms with Gasteiger partial charge in [-0.25, -0.2) is 8.49 Å². The first-order valence-corrected chi connectivity index (χ1v) is 5.23. The molecule has 1 rings (SSSR count). The summed E-state index contributed by atoms with van der Waals surface area (Å²) in [4.78, 5) is 0. The van der Waals surface area contributed by atoms with Crippen LogP contribution in [0, 0.1) is 0 Å². The second kappa shape index (κ2) is 5.82. The molecule has 0 aliphatic heterocycles. The molecule has 1 aromatic carbocycles. The summed E-state index contributed by atoms with van der Waals surface area (Å²) in [6.45, 7) is 0.387. The highest BCUT2D eigenvalue weighted by Crippen LogP contribution is 2.12. The van der Waals surface area contributed by atoms with E-state index in [1.165, 1.54) is 5.06 Å². The van der Waals surface area contributed by atoms with Gasteiger partial charge >= 0.3 is 0 Å². The highest BCUT2D eigenvalue weighted by Gasteiger charge is 2.01. The lowest BCUT2D eigenvalue weighted by atomic mass is 10.2. The molecule has 15 heavy (non-hydrogen) atoms. The standard InChI is InChI=1S/C9H13NO4S/c1-10(14-15(11)12)7-8-3-5-9(13-2)6-4-8/h3-6H,7H2,1-2H3,(H,11,12)/p-1. The van der Waals surface area contributed by atoms with Crippen LogP contribution in [0.3, 0.4) is 0 Å². The van der Waals surface area contributed by atoms with Gasteiger partial charge in [0.15, 0.2) is 0 Å². The average Bonchev–Trinajstić information content (AvgIpc) is 2.17. The minimum atomic E-state index is -2.52. The second-order valence-electron chi connectivity index (χ2n) is 2.91. The number of hydrogen-bond acceptors (Lipinski definition) is 5. The predicted molar refractivity (Wildman–Crippen MR) is 54.5 cm³/mol. The molecule has 0 aliphatic carbocycles. The number of benzene rings is 1. The largest absolute Gasteiger partial charge is 0.748 e. The van der Waals surface area contributed by atoms with Crippen LogP contribution in [-0.4, -0.2) is 28.0 Å². The second-order valence-corrected chi connectivity index (χ2v) is 3.47. The maximum absolute atomic E-state index is 10.2. The van der Waals surface area contributed by atoms with Gasteiger partial charge in [0.05, 0.1) is 13.7 Å². The van der Waals surface area contributed by atoms with E-state index >= 15 is 0 Å². The molecule has 84 valence electrons. The van der Waals surface area contributed by atoms with E-state index in [2.05, 4.69) is 4.28 Å². The van der Waals surface area contributed by atoms with Crippen LogP contribution in [0.1, 0.15) is 5.56 Å². The normalized spacial score (nSPS) is 12.8. The van der Waals surface area contributed by atoms with Crippen LogP contribution >= 0.6 is 0 Å². The van der Waals surface area contributed by atoms with E-state index in [-0.39, 0.29) is 0 Å². The fourth-order valence-corrected chi connectivity index (χ4v) is 1.38. The van der Waals surface area contributed by atoms with E-state index in [1.54, 1.807) is 26.3 Å². The first-order chi connectivity index (χ1) is 7.11. The van der Waals surface area contributed by atoms with Crippen LogP contribution in [0.15, 0.2) is 24.3 Å². The van der Waals surface area contributed by atoms with Crippen LogP contribution < -0.4 is 4.74 Å². The number of hydrogen-bond donors (Lipinski definition) is 0. The average molecular weight is 230 g/mol. The third kappa shape index (κ3) is 4.39. The summed E-state index contributed by atoms with van der Waals surface area (Å²) in [5, 5.41) is 1.23. The molecule has 0 N–H and O–H groups in total. The zero-order chi connectivity index (χ0) is 11.3. The van der Waals surface area contributed by atoms with E-state index in [1.807, 2.05) is 12.1 Å².